The summed E-state index contributed by atoms with van der Waals surface area (Å²) in [5, 5.41) is 2.69. The number of anilines is 1. The zero-order valence-electron chi connectivity index (χ0n) is 15.9. The van der Waals surface area contributed by atoms with Crippen molar-refractivity contribution in [1.29, 1.82) is 0 Å². The van der Waals surface area contributed by atoms with E-state index in [4.69, 9.17) is 4.42 Å². The van der Waals surface area contributed by atoms with Crippen molar-refractivity contribution < 1.29 is 27.2 Å². The minimum absolute atomic E-state index is 0.0208. The Morgan fingerprint density at radius 1 is 0.967 bits per heavy atom. The van der Waals surface area contributed by atoms with Gasteiger partial charge in [-0.15, -0.1) is 0 Å². The zero-order valence-corrected chi connectivity index (χ0v) is 15.9. The molecule has 0 saturated heterocycles. The molecule has 0 aliphatic carbocycles. The van der Waals surface area contributed by atoms with Crippen LogP contribution in [0.2, 0.25) is 0 Å². The molecule has 0 unspecified atom stereocenters. The van der Waals surface area contributed by atoms with E-state index >= 15 is 0 Å². The van der Waals surface area contributed by atoms with Crippen molar-refractivity contribution in [2.75, 3.05) is 11.9 Å². The summed E-state index contributed by atoms with van der Waals surface area (Å²) in [6, 6.07) is 16.6. The molecule has 2 aromatic carbocycles. The van der Waals surface area contributed by atoms with Gasteiger partial charge < -0.3 is 14.6 Å². The Balaban J connectivity index is 1.73. The van der Waals surface area contributed by atoms with Gasteiger partial charge in [-0.05, 0) is 35.9 Å². The lowest BCUT2D eigenvalue weighted by Crippen LogP contribution is -2.38. The topological polar surface area (TPSA) is 62.6 Å². The lowest BCUT2D eigenvalue weighted by molar-refractivity contribution is -0.138. The first-order valence-electron chi connectivity index (χ1n) is 9.12. The SMILES string of the molecule is O=C(CN(Cc1ccco1)C(=O)Cc1cccc(C(F)(F)F)c1)Nc1ccccc1. The highest BCUT2D eigenvalue weighted by molar-refractivity contribution is 5.94. The van der Waals surface area contributed by atoms with E-state index in [9.17, 15) is 22.8 Å². The quantitative estimate of drug-likeness (QED) is 0.617. The third-order valence-corrected chi connectivity index (χ3v) is 4.28. The van der Waals surface area contributed by atoms with Crippen molar-refractivity contribution in [3.05, 3.63) is 89.9 Å². The Hall–Kier alpha value is -3.55. The van der Waals surface area contributed by atoms with Crippen LogP contribution in [0, 0.1) is 0 Å². The van der Waals surface area contributed by atoms with E-state index in [0.717, 1.165) is 12.1 Å². The molecule has 1 aromatic heterocycles. The van der Waals surface area contributed by atoms with Crippen molar-refractivity contribution >= 4 is 17.5 Å². The Morgan fingerprint density at radius 2 is 1.73 bits per heavy atom. The van der Waals surface area contributed by atoms with Crippen LogP contribution in [-0.4, -0.2) is 23.3 Å². The fraction of sp³-hybridized carbons (Fsp3) is 0.182. The number of amides is 2. The molecule has 0 aliphatic heterocycles. The molecule has 1 heterocycles. The Bertz CT molecular complexity index is 986. The van der Waals surface area contributed by atoms with Crippen LogP contribution in [-0.2, 0) is 28.7 Å². The predicted molar refractivity (Wildman–Crippen MR) is 104 cm³/mol. The van der Waals surface area contributed by atoms with Gasteiger partial charge in [-0.1, -0.05) is 36.4 Å². The van der Waals surface area contributed by atoms with Gasteiger partial charge in [0.05, 0.1) is 24.8 Å². The molecule has 1 N–H and O–H groups in total. The number of furan rings is 1. The number of halogens is 3. The summed E-state index contributed by atoms with van der Waals surface area (Å²) in [5.41, 5.74) is -0.0410. The first-order chi connectivity index (χ1) is 14.3. The minimum atomic E-state index is -4.50. The van der Waals surface area contributed by atoms with E-state index in [1.165, 1.54) is 23.3 Å². The van der Waals surface area contributed by atoms with Crippen molar-refractivity contribution in [2.45, 2.75) is 19.1 Å². The van der Waals surface area contributed by atoms with Crippen LogP contribution >= 0.6 is 0 Å². The van der Waals surface area contributed by atoms with Crippen LogP contribution < -0.4 is 5.32 Å². The van der Waals surface area contributed by atoms with Crippen LogP contribution in [0.3, 0.4) is 0 Å². The highest BCUT2D eigenvalue weighted by atomic mass is 19.4. The number of nitrogens with one attached hydrogen (secondary N) is 1. The van der Waals surface area contributed by atoms with E-state index in [0.29, 0.717) is 11.4 Å². The van der Waals surface area contributed by atoms with Crippen molar-refractivity contribution in [1.82, 2.24) is 4.90 Å². The maximum Gasteiger partial charge on any atom is 0.416 e. The number of hydrogen-bond acceptors (Lipinski definition) is 3. The number of benzene rings is 2. The van der Waals surface area contributed by atoms with Crippen molar-refractivity contribution in [2.24, 2.45) is 0 Å². The molecule has 5 nitrogen and oxygen atoms in total. The van der Waals surface area contributed by atoms with Gasteiger partial charge in [0.1, 0.15) is 12.3 Å². The van der Waals surface area contributed by atoms with Gasteiger partial charge >= 0.3 is 6.18 Å². The second-order valence-electron chi connectivity index (χ2n) is 6.62. The first kappa shape index (κ1) is 21.2. The predicted octanol–water partition coefficient (Wildman–Crippen LogP) is 4.51. The van der Waals surface area contributed by atoms with E-state index < -0.39 is 23.6 Å². The summed E-state index contributed by atoms with van der Waals surface area (Å²) in [5.74, 6) is -0.459. The number of alkyl halides is 3. The summed E-state index contributed by atoms with van der Waals surface area (Å²) in [7, 11) is 0. The summed E-state index contributed by atoms with van der Waals surface area (Å²) < 4.78 is 44.1. The highest BCUT2D eigenvalue weighted by Crippen LogP contribution is 2.29. The molecule has 0 atom stereocenters. The van der Waals surface area contributed by atoms with Crippen LogP contribution in [0.5, 0.6) is 0 Å². The number of rotatable bonds is 7. The van der Waals surface area contributed by atoms with Crippen LogP contribution in [0.25, 0.3) is 0 Å². The molecular formula is C22H19F3N2O3. The van der Waals surface area contributed by atoms with Crippen molar-refractivity contribution in [3.8, 4) is 0 Å². The highest BCUT2D eigenvalue weighted by Gasteiger charge is 2.30. The Kier molecular flexibility index (Phi) is 6.56. The number of carbonyl (C=O) groups excluding carboxylic acids is 2. The van der Waals surface area contributed by atoms with Crippen molar-refractivity contribution in [3.63, 3.8) is 0 Å². The lowest BCUT2D eigenvalue weighted by atomic mass is 10.1. The maximum atomic E-state index is 12.9. The van der Waals surface area contributed by atoms with Gasteiger partial charge in [0.2, 0.25) is 11.8 Å². The fourth-order valence-corrected chi connectivity index (χ4v) is 2.86. The van der Waals surface area contributed by atoms with Gasteiger partial charge in [0.25, 0.3) is 0 Å². The van der Waals surface area contributed by atoms with E-state index in [-0.39, 0.29) is 25.1 Å². The summed E-state index contributed by atoms with van der Waals surface area (Å²) in [6.45, 7) is -0.250. The number of nitrogens with zero attached hydrogens (tertiary/aromatic N) is 1. The molecule has 30 heavy (non-hydrogen) atoms. The summed E-state index contributed by atoms with van der Waals surface area (Å²) in [4.78, 5) is 26.5. The second-order valence-corrected chi connectivity index (χ2v) is 6.62. The lowest BCUT2D eigenvalue weighted by Gasteiger charge is -2.21. The molecule has 156 valence electrons. The van der Waals surface area contributed by atoms with Gasteiger partial charge in [-0.25, -0.2) is 0 Å². The molecule has 0 spiro atoms. The fourth-order valence-electron chi connectivity index (χ4n) is 2.86. The molecule has 0 aliphatic rings. The average molecular weight is 416 g/mol. The standard InChI is InChI=1S/C22H19F3N2O3/c23-22(24,25)17-7-4-6-16(12-17)13-21(29)27(14-19-10-5-11-30-19)15-20(28)26-18-8-2-1-3-9-18/h1-12H,13-15H2,(H,26,28). The average Bonchev–Trinajstić information content (AvgIpc) is 3.21. The minimum Gasteiger partial charge on any atom is -0.467 e. The second kappa shape index (κ2) is 9.30. The molecule has 0 saturated carbocycles. The van der Waals surface area contributed by atoms with Crippen LogP contribution in [0.15, 0.2) is 77.4 Å². The molecular weight excluding hydrogens is 397 g/mol. The van der Waals surface area contributed by atoms with E-state index in [1.54, 1.807) is 42.5 Å². The molecule has 0 bridgehead atoms. The summed E-state index contributed by atoms with van der Waals surface area (Å²) in [6.07, 6.45) is -3.33. The normalized spacial score (nSPS) is 11.2. The molecule has 0 radical (unpaired) electrons. The molecule has 3 rings (SSSR count). The largest absolute Gasteiger partial charge is 0.467 e. The Labute approximate surface area is 171 Å². The third-order valence-electron chi connectivity index (χ3n) is 4.28. The van der Waals surface area contributed by atoms with E-state index in [1.807, 2.05) is 0 Å². The summed E-state index contributed by atoms with van der Waals surface area (Å²) >= 11 is 0. The number of hydrogen-bond donors (Lipinski definition) is 1. The third kappa shape index (κ3) is 5.97. The van der Waals surface area contributed by atoms with E-state index in [2.05, 4.69) is 5.32 Å². The van der Waals surface area contributed by atoms with Gasteiger partial charge in [0, 0.05) is 5.69 Å². The monoisotopic (exact) mass is 416 g/mol. The van der Waals surface area contributed by atoms with Crippen LogP contribution in [0.4, 0.5) is 18.9 Å². The zero-order chi connectivity index (χ0) is 21.6. The Morgan fingerprint density at radius 3 is 2.40 bits per heavy atom. The van der Waals surface area contributed by atoms with Gasteiger partial charge in [-0.3, -0.25) is 9.59 Å². The number of carbonyl (C=O) groups is 2. The first-order valence-corrected chi connectivity index (χ1v) is 9.12. The number of para-hydroxylation sites is 1. The smallest absolute Gasteiger partial charge is 0.416 e. The van der Waals surface area contributed by atoms with Gasteiger partial charge in [0.15, 0.2) is 0 Å². The van der Waals surface area contributed by atoms with Gasteiger partial charge in [-0.2, -0.15) is 13.2 Å². The molecule has 8 heteroatoms. The van der Waals surface area contributed by atoms with Crippen LogP contribution in [0.1, 0.15) is 16.9 Å². The maximum absolute atomic E-state index is 12.9. The molecule has 2 amide bonds. The molecule has 0 fully saturated rings. The molecule has 3 aromatic rings.